The summed E-state index contributed by atoms with van der Waals surface area (Å²) < 4.78 is 17.2. The Kier molecular flexibility index (Phi) is 9.49. The molecule has 0 spiro atoms. The van der Waals surface area contributed by atoms with Gasteiger partial charge in [-0.15, -0.1) is 0 Å². The van der Waals surface area contributed by atoms with Gasteiger partial charge in [-0.25, -0.2) is 10.2 Å². The van der Waals surface area contributed by atoms with Gasteiger partial charge >= 0.3 is 5.97 Å². The van der Waals surface area contributed by atoms with Crippen molar-refractivity contribution in [2.45, 2.75) is 13.3 Å². The second-order valence-corrected chi connectivity index (χ2v) is 8.28. The molecule has 7 nitrogen and oxygen atoms in total. The minimum atomic E-state index is -0.531. The second kappa shape index (κ2) is 12.8. The van der Waals surface area contributed by atoms with Crippen LogP contribution in [0.5, 0.6) is 17.2 Å². The van der Waals surface area contributed by atoms with E-state index >= 15 is 0 Å². The molecule has 0 fully saturated rings. The molecule has 0 aromatic heterocycles. The zero-order valence-electron chi connectivity index (χ0n) is 18.3. The fraction of sp³-hybridized carbons (Fsp3) is 0.160. The van der Waals surface area contributed by atoms with Crippen LogP contribution in [0.3, 0.4) is 0 Å². The largest absolute Gasteiger partial charge is 0.494 e. The van der Waals surface area contributed by atoms with Gasteiger partial charge < -0.3 is 14.2 Å². The molecule has 176 valence electrons. The smallest absolute Gasteiger partial charge is 0.343 e. The first kappa shape index (κ1) is 25.3. The van der Waals surface area contributed by atoms with Gasteiger partial charge in [0.05, 0.1) is 23.4 Å². The van der Waals surface area contributed by atoms with Gasteiger partial charge in [0.25, 0.3) is 5.91 Å². The summed E-state index contributed by atoms with van der Waals surface area (Å²) >= 11 is 9.38. The average molecular weight is 546 g/mol. The van der Waals surface area contributed by atoms with Crippen molar-refractivity contribution in [1.82, 2.24) is 5.43 Å². The Morgan fingerprint density at radius 1 is 1.03 bits per heavy atom. The lowest BCUT2D eigenvalue weighted by Gasteiger charge is -2.09. The lowest BCUT2D eigenvalue weighted by Crippen LogP contribution is -2.24. The summed E-state index contributed by atoms with van der Waals surface area (Å²) in [6.45, 7) is 2.36. The average Bonchev–Trinajstić information content (AvgIpc) is 2.84. The minimum absolute atomic E-state index is 0.265. The first-order valence-electron chi connectivity index (χ1n) is 10.4. The number of para-hydroxylation sites is 1. The number of esters is 1. The number of hydrogen-bond acceptors (Lipinski definition) is 6. The van der Waals surface area contributed by atoms with Crippen molar-refractivity contribution >= 4 is 45.6 Å². The predicted molar refractivity (Wildman–Crippen MR) is 134 cm³/mol. The molecule has 1 N–H and O–H groups in total. The van der Waals surface area contributed by atoms with Gasteiger partial charge in [0.15, 0.2) is 6.61 Å². The van der Waals surface area contributed by atoms with Crippen molar-refractivity contribution in [3.8, 4) is 17.2 Å². The predicted octanol–water partition coefficient (Wildman–Crippen LogP) is 5.64. The molecule has 0 unspecified atom stereocenters. The molecule has 3 rings (SSSR count). The Morgan fingerprint density at radius 2 is 1.79 bits per heavy atom. The van der Waals surface area contributed by atoms with Crippen LogP contribution < -0.4 is 19.6 Å². The van der Waals surface area contributed by atoms with Crippen LogP contribution in [0.2, 0.25) is 5.02 Å². The molecule has 34 heavy (non-hydrogen) atoms. The summed E-state index contributed by atoms with van der Waals surface area (Å²) in [6, 6.07) is 18.6. The lowest BCUT2D eigenvalue weighted by molar-refractivity contribution is -0.123. The summed E-state index contributed by atoms with van der Waals surface area (Å²) in [6.07, 6.45) is 2.27. The first-order chi connectivity index (χ1) is 16.5. The van der Waals surface area contributed by atoms with E-state index in [1.165, 1.54) is 6.21 Å². The van der Waals surface area contributed by atoms with E-state index < -0.39 is 11.9 Å². The zero-order valence-corrected chi connectivity index (χ0v) is 20.6. The van der Waals surface area contributed by atoms with Gasteiger partial charge in [0.1, 0.15) is 17.2 Å². The van der Waals surface area contributed by atoms with Crippen LogP contribution in [0.1, 0.15) is 29.3 Å². The van der Waals surface area contributed by atoms with Gasteiger partial charge in [0, 0.05) is 10.0 Å². The van der Waals surface area contributed by atoms with Crippen molar-refractivity contribution in [2.24, 2.45) is 5.10 Å². The van der Waals surface area contributed by atoms with E-state index in [1.54, 1.807) is 66.7 Å². The number of carbonyl (C=O) groups is 2. The molecular formula is C25H22BrClN2O5. The fourth-order valence-corrected chi connectivity index (χ4v) is 3.26. The van der Waals surface area contributed by atoms with Crippen LogP contribution in [-0.2, 0) is 4.79 Å². The molecule has 9 heteroatoms. The molecule has 0 atom stereocenters. The topological polar surface area (TPSA) is 86.2 Å². The maximum atomic E-state index is 12.6. The highest BCUT2D eigenvalue weighted by Crippen LogP contribution is 2.24. The molecule has 0 heterocycles. The van der Waals surface area contributed by atoms with Crippen molar-refractivity contribution < 1.29 is 23.8 Å². The highest BCUT2D eigenvalue weighted by molar-refractivity contribution is 9.10. The second-order valence-electron chi connectivity index (χ2n) is 6.96. The molecular weight excluding hydrogens is 524 g/mol. The molecule has 1 amide bonds. The number of rotatable bonds is 10. The van der Waals surface area contributed by atoms with Crippen molar-refractivity contribution in [1.29, 1.82) is 0 Å². The molecule has 0 aliphatic heterocycles. The Bertz CT molecular complexity index is 1170. The third kappa shape index (κ3) is 7.60. The number of nitrogens with one attached hydrogen (secondary N) is 1. The number of halogens is 2. The molecule has 0 saturated carbocycles. The standard InChI is InChI=1S/C25H22BrClN2O5/c1-2-13-32-20-10-7-17(8-11-20)25(31)34-22-12-9-19(26)14-18(22)15-28-29-24(30)16-33-23-6-4-3-5-21(23)27/h3-12,14-15H,2,13,16H2,1H3,(H,29,30). The molecule has 3 aromatic rings. The maximum Gasteiger partial charge on any atom is 0.343 e. The summed E-state index contributed by atoms with van der Waals surface area (Å²) in [4.78, 5) is 24.6. The first-order valence-corrected chi connectivity index (χ1v) is 11.6. The van der Waals surface area contributed by atoms with Gasteiger partial charge in [0.2, 0.25) is 0 Å². The third-order valence-corrected chi connectivity index (χ3v) is 5.13. The molecule has 0 radical (unpaired) electrons. The monoisotopic (exact) mass is 544 g/mol. The summed E-state index contributed by atoms with van der Waals surface area (Å²) in [5, 5.41) is 4.34. The van der Waals surface area contributed by atoms with E-state index in [0.717, 1.165) is 10.9 Å². The number of hydrogen-bond donors (Lipinski definition) is 1. The van der Waals surface area contributed by atoms with Gasteiger partial charge in [-0.2, -0.15) is 5.10 Å². The lowest BCUT2D eigenvalue weighted by atomic mass is 10.2. The van der Waals surface area contributed by atoms with E-state index in [1.807, 2.05) is 6.92 Å². The molecule has 0 aliphatic carbocycles. The Morgan fingerprint density at radius 3 is 2.53 bits per heavy atom. The zero-order chi connectivity index (χ0) is 24.3. The van der Waals surface area contributed by atoms with Crippen molar-refractivity contribution in [3.63, 3.8) is 0 Å². The van der Waals surface area contributed by atoms with E-state index in [9.17, 15) is 9.59 Å². The number of amides is 1. The van der Waals surface area contributed by atoms with Crippen LogP contribution in [-0.4, -0.2) is 31.3 Å². The van der Waals surface area contributed by atoms with E-state index in [-0.39, 0.29) is 12.4 Å². The number of benzene rings is 3. The quantitative estimate of drug-likeness (QED) is 0.154. The van der Waals surface area contributed by atoms with Crippen molar-refractivity contribution in [3.05, 3.63) is 87.4 Å². The third-order valence-electron chi connectivity index (χ3n) is 4.33. The van der Waals surface area contributed by atoms with Crippen LogP contribution in [0.25, 0.3) is 0 Å². The highest BCUT2D eigenvalue weighted by Gasteiger charge is 2.12. The molecule has 0 bridgehead atoms. The highest BCUT2D eigenvalue weighted by atomic mass is 79.9. The summed E-state index contributed by atoms with van der Waals surface area (Å²) in [5.74, 6) is 0.356. The number of carbonyl (C=O) groups excluding carboxylic acids is 2. The van der Waals surface area contributed by atoms with E-state index in [2.05, 4.69) is 26.5 Å². The number of nitrogens with zero attached hydrogens (tertiary/aromatic N) is 1. The van der Waals surface area contributed by atoms with Crippen LogP contribution >= 0.6 is 27.5 Å². The Labute approximate surface area is 210 Å². The van der Waals surface area contributed by atoms with Crippen molar-refractivity contribution in [2.75, 3.05) is 13.2 Å². The molecule has 0 aliphatic rings. The number of hydrazone groups is 1. The van der Waals surface area contributed by atoms with Crippen LogP contribution in [0.4, 0.5) is 0 Å². The van der Waals surface area contributed by atoms with Gasteiger partial charge in [-0.05, 0) is 61.0 Å². The van der Waals surface area contributed by atoms with Crippen LogP contribution in [0.15, 0.2) is 76.3 Å². The molecule has 0 saturated heterocycles. The van der Waals surface area contributed by atoms with E-state index in [0.29, 0.717) is 34.3 Å². The van der Waals surface area contributed by atoms with Gasteiger partial charge in [-0.3, -0.25) is 4.79 Å². The molecule has 3 aromatic carbocycles. The van der Waals surface area contributed by atoms with Gasteiger partial charge in [-0.1, -0.05) is 46.6 Å². The summed E-state index contributed by atoms with van der Waals surface area (Å²) in [7, 11) is 0. The Balaban J connectivity index is 1.60. The fourth-order valence-electron chi connectivity index (χ4n) is 2.69. The van der Waals surface area contributed by atoms with E-state index in [4.69, 9.17) is 25.8 Å². The van der Waals surface area contributed by atoms with Crippen LogP contribution in [0, 0.1) is 0 Å². The Hall–Kier alpha value is -3.36. The normalized spacial score (nSPS) is 10.7. The SMILES string of the molecule is CCCOc1ccc(C(=O)Oc2ccc(Br)cc2C=NNC(=O)COc2ccccc2Cl)cc1. The summed E-state index contributed by atoms with van der Waals surface area (Å²) in [5.41, 5.74) is 3.23. The number of ether oxygens (including phenoxy) is 3. The minimum Gasteiger partial charge on any atom is -0.494 e. The maximum absolute atomic E-state index is 12.6.